The number of nitrogens with zero attached hydrogens (tertiary/aromatic N) is 4. The van der Waals surface area contributed by atoms with Gasteiger partial charge in [0.2, 0.25) is 5.88 Å². The molecule has 0 fully saturated rings. The first kappa shape index (κ1) is 20.3. The van der Waals surface area contributed by atoms with E-state index in [2.05, 4.69) is 20.3 Å². The molecule has 0 bridgehead atoms. The number of carbonyl (C=O) groups is 1. The summed E-state index contributed by atoms with van der Waals surface area (Å²) < 4.78 is 26.5. The first-order valence-electron chi connectivity index (χ1n) is 9.56. The molecule has 0 saturated carbocycles. The van der Waals surface area contributed by atoms with E-state index >= 15 is 0 Å². The smallest absolute Gasteiger partial charge is 0.276 e. The van der Waals surface area contributed by atoms with Gasteiger partial charge in [0.15, 0.2) is 0 Å². The van der Waals surface area contributed by atoms with Gasteiger partial charge in [-0.15, -0.1) is 0 Å². The predicted molar refractivity (Wildman–Crippen MR) is 114 cm³/mol. The Morgan fingerprint density at radius 3 is 2.74 bits per heavy atom. The number of carbonyl (C=O) groups excluding carboxylic acids is 1. The third-order valence-electron chi connectivity index (χ3n) is 4.76. The van der Waals surface area contributed by atoms with Crippen LogP contribution in [0.2, 0.25) is 0 Å². The van der Waals surface area contributed by atoms with E-state index in [4.69, 9.17) is 9.47 Å². The van der Waals surface area contributed by atoms with E-state index in [9.17, 15) is 9.18 Å². The van der Waals surface area contributed by atoms with Crippen molar-refractivity contribution in [3.05, 3.63) is 60.4 Å². The quantitative estimate of drug-likeness (QED) is 0.509. The molecule has 1 N–H and O–H groups in total. The number of halogens is 1. The topological polar surface area (TPSA) is 91.2 Å². The molecule has 31 heavy (non-hydrogen) atoms. The molecule has 4 rings (SSSR count). The second kappa shape index (κ2) is 8.39. The zero-order valence-electron chi connectivity index (χ0n) is 17.2. The minimum Gasteiger partial charge on any atom is -0.496 e. The van der Waals surface area contributed by atoms with Gasteiger partial charge in [-0.1, -0.05) is 0 Å². The first-order chi connectivity index (χ1) is 15.0. The Hall–Kier alpha value is -4.01. The summed E-state index contributed by atoms with van der Waals surface area (Å²) in [4.78, 5) is 25.5. The Bertz CT molecular complexity index is 1250. The van der Waals surface area contributed by atoms with Crippen molar-refractivity contribution in [2.45, 2.75) is 6.92 Å². The van der Waals surface area contributed by atoms with Crippen LogP contribution in [0.5, 0.6) is 11.6 Å². The minimum absolute atomic E-state index is 0.115. The molecule has 158 valence electrons. The van der Waals surface area contributed by atoms with E-state index < -0.39 is 11.7 Å². The number of aryl methyl sites for hydroxylation is 1. The maximum Gasteiger partial charge on any atom is 0.276 e. The average Bonchev–Trinajstić information content (AvgIpc) is 3.11. The highest BCUT2D eigenvalue weighted by atomic mass is 19.1. The van der Waals surface area contributed by atoms with Crippen LogP contribution in [0, 0.1) is 5.82 Å². The number of aromatic nitrogens is 4. The van der Waals surface area contributed by atoms with Crippen LogP contribution < -0.4 is 14.8 Å². The molecule has 0 saturated heterocycles. The lowest BCUT2D eigenvalue weighted by atomic mass is 10.2. The molecule has 1 amide bonds. The van der Waals surface area contributed by atoms with Crippen LogP contribution in [-0.4, -0.2) is 39.1 Å². The monoisotopic (exact) mass is 421 g/mol. The van der Waals surface area contributed by atoms with Gasteiger partial charge in [0.25, 0.3) is 5.91 Å². The van der Waals surface area contributed by atoms with Crippen molar-refractivity contribution in [2.75, 3.05) is 19.0 Å². The van der Waals surface area contributed by atoms with E-state index in [1.165, 1.54) is 19.4 Å². The van der Waals surface area contributed by atoms with Gasteiger partial charge in [0, 0.05) is 30.3 Å². The fourth-order valence-corrected chi connectivity index (χ4v) is 3.26. The molecule has 3 heterocycles. The van der Waals surface area contributed by atoms with Crippen molar-refractivity contribution in [1.82, 2.24) is 19.5 Å². The van der Waals surface area contributed by atoms with Crippen LogP contribution in [0.4, 0.5) is 10.2 Å². The van der Waals surface area contributed by atoms with Gasteiger partial charge in [0.1, 0.15) is 23.1 Å². The van der Waals surface area contributed by atoms with Crippen LogP contribution in [0.15, 0.2) is 48.9 Å². The first-order valence-corrected chi connectivity index (χ1v) is 9.56. The molecule has 9 heteroatoms. The van der Waals surface area contributed by atoms with Crippen LogP contribution in [0.3, 0.4) is 0 Å². The highest BCUT2D eigenvalue weighted by Gasteiger charge is 2.17. The second-order valence-corrected chi connectivity index (χ2v) is 6.66. The largest absolute Gasteiger partial charge is 0.496 e. The molecule has 8 nitrogen and oxygen atoms in total. The summed E-state index contributed by atoms with van der Waals surface area (Å²) in [5.41, 5.74) is 1.63. The maximum atomic E-state index is 14.3. The Labute approximate surface area is 177 Å². The van der Waals surface area contributed by atoms with Crippen LogP contribution in [-0.2, 0) is 7.05 Å². The molecule has 3 aromatic heterocycles. The number of ether oxygens (including phenoxy) is 2. The van der Waals surface area contributed by atoms with Crippen molar-refractivity contribution in [2.24, 2.45) is 7.05 Å². The predicted octanol–water partition coefficient (Wildman–Crippen LogP) is 3.83. The van der Waals surface area contributed by atoms with Crippen LogP contribution in [0.1, 0.15) is 17.4 Å². The van der Waals surface area contributed by atoms with E-state index in [0.717, 1.165) is 0 Å². The Kier molecular flexibility index (Phi) is 5.48. The summed E-state index contributed by atoms with van der Waals surface area (Å²) in [6.07, 6.45) is 4.52. The molecule has 0 spiro atoms. The zero-order valence-corrected chi connectivity index (χ0v) is 17.2. The number of pyridine rings is 1. The summed E-state index contributed by atoms with van der Waals surface area (Å²) in [6.45, 7) is 2.40. The van der Waals surface area contributed by atoms with Gasteiger partial charge >= 0.3 is 0 Å². The number of nitrogens with one attached hydrogen (secondary N) is 1. The SMILES string of the molecule is CCOc1ccc(-c2cncc(C(=O)Nc3cc4c(OC)ccc(F)c4n3C)n2)cn1. The summed E-state index contributed by atoms with van der Waals surface area (Å²) in [6, 6.07) is 8.05. The van der Waals surface area contributed by atoms with Crippen molar-refractivity contribution in [3.8, 4) is 22.9 Å². The van der Waals surface area contributed by atoms with E-state index in [0.29, 0.717) is 46.2 Å². The molecular weight excluding hydrogens is 401 g/mol. The molecule has 0 aliphatic heterocycles. The summed E-state index contributed by atoms with van der Waals surface area (Å²) in [7, 11) is 3.17. The number of hydrogen-bond donors (Lipinski definition) is 1. The highest BCUT2D eigenvalue weighted by Crippen LogP contribution is 2.32. The third kappa shape index (κ3) is 3.89. The van der Waals surface area contributed by atoms with Gasteiger partial charge in [-0.25, -0.2) is 14.4 Å². The van der Waals surface area contributed by atoms with Crippen molar-refractivity contribution in [3.63, 3.8) is 0 Å². The Morgan fingerprint density at radius 1 is 1.19 bits per heavy atom. The normalized spacial score (nSPS) is 10.8. The number of methoxy groups -OCH3 is 1. The average molecular weight is 421 g/mol. The molecular formula is C22H20FN5O3. The molecule has 0 radical (unpaired) electrons. The van der Waals surface area contributed by atoms with Gasteiger partial charge in [-0.05, 0) is 31.2 Å². The van der Waals surface area contributed by atoms with Gasteiger partial charge in [0.05, 0.1) is 37.3 Å². The van der Waals surface area contributed by atoms with Crippen molar-refractivity contribution < 1.29 is 18.7 Å². The maximum absolute atomic E-state index is 14.3. The summed E-state index contributed by atoms with van der Waals surface area (Å²) in [5.74, 6) is 0.532. The Balaban J connectivity index is 1.62. The lowest BCUT2D eigenvalue weighted by Gasteiger charge is -2.08. The van der Waals surface area contributed by atoms with Crippen LogP contribution >= 0.6 is 0 Å². The van der Waals surface area contributed by atoms with Gasteiger partial charge in [-0.2, -0.15) is 0 Å². The Morgan fingerprint density at radius 2 is 2.03 bits per heavy atom. The second-order valence-electron chi connectivity index (χ2n) is 6.66. The number of amides is 1. The number of hydrogen-bond acceptors (Lipinski definition) is 6. The van der Waals surface area contributed by atoms with Crippen LogP contribution in [0.25, 0.3) is 22.2 Å². The van der Waals surface area contributed by atoms with Gasteiger partial charge in [-0.3, -0.25) is 9.78 Å². The lowest BCUT2D eigenvalue weighted by molar-refractivity contribution is 0.102. The molecule has 0 atom stereocenters. The van der Waals surface area contributed by atoms with E-state index in [1.807, 2.05) is 6.92 Å². The molecule has 1 aromatic carbocycles. The molecule has 0 unspecified atom stereocenters. The van der Waals surface area contributed by atoms with E-state index in [-0.39, 0.29) is 5.69 Å². The van der Waals surface area contributed by atoms with E-state index in [1.54, 1.807) is 48.3 Å². The zero-order chi connectivity index (χ0) is 22.0. The summed E-state index contributed by atoms with van der Waals surface area (Å²) >= 11 is 0. The van der Waals surface area contributed by atoms with Gasteiger partial charge < -0.3 is 19.4 Å². The lowest BCUT2D eigenvalue weighted by Crippen LogP contribution is -2.16. The molecule has 0 aliphatic carbocycles. The van der Waals surface area contributed by atoms with Crippen molar-refractivity contribution >= 4 is 22.6 Å². The highest BCUT2D eigenvalue weighted by molar-refractivity contribution is 6.04. The number of fused-ring (bicyclic) bond motifs is 1. The molecule has 4 aromatic rings. The number of benzene rings is 1. The fourth-order valence-electron chi connectivity index (χ4n) is 3.26. The molecule has 0 aliphatic rings. The minimum atomic E-state index is -0.474. The summed E-state index contributed by atoms with van der Waals surface area (Å²) in [5, 5.41) is 3.32. The third-order valence-corrected chi connectivity index (χ3v) is 4.76. The fraction of sp³-hybridized carbons (Fsp3) is 0.182. The van der Waals surface area contributed by atoms with Crippen molar-refractivity contribution in [1.29, 1.82) is 0 Å². The standard InChI is InChI=1S/C22H20FN5O3/c1-4-31-20-8-5-13(10-25-20)16-11-24-12-17(26-16)22(29)27-19-9-14-18(30-3)7-6-15(23)21(14)28(19)2/h5-12H,4H2,1-3H3,(H,27,29). The number of anilines is 1. The number of rotatable bonds is 6.